The molecule has 98 valence electrons. The first-order valence-electron chi connectivity index (χ1n) is 5.50. The Morgan fingerprint density at radius 1 is 1.21 bits per heavy atom. The predicted octanol–water partition coefficient (Wildman–Crippen LogP) is 4.78. The monoisotopic (exact) mass is 357 g/mol. The van der Waals surface area contributed by atoms with E-state index in [1.54, 1.807) is 37.4 Å². The first kappa shape index (κ1) is 14.4. The van der Waals surface area contributed by atoms with Crippen LogP contribution in [-0.2, 0) is 0 Å². The molecule has 19 heavy (non-hydrogen) atoms. The molecule has 2 aromatic carbocycles. The van der Waals surface area contributed by atoms with E-state index in [2.05, 4.69) is 21.2 Å². The van der Waals surface area contributed by atoms with Gasteiger partial charge >= 0.3 is 0 Å². The first-order chi connectivity index (χ1) is 9.04. The minimum atomic E-state index is -0.149. The molecule has 1 N–H and O–H groups in total. The molecule has 0 aliphatic heterocycles. The second-order valence-corrected chi connectivity index (χ2v) is 5.52. The van der Waals surface area contributed by atoms with Crippen molar-refractivity contribution in [1.29, 1.82) is 0 Å². The van der Waals surface area contributed by atoms with Gasteiger partial charge in [0, 0.05) is 27.7 Å². The van der Waals surface area contributed by atoms with Gasteiger partial charge in [-0.2, -0.15) is 0 Å². The number of benzene rings is 2. The number of amides is 1. The van der Waals surface area contributed by atoms with Crippen molar-refractivity contribution < 1.29 is 4.79 Å². The van der Waals surface area contributed by atoms with Crippen molar-refractivity contribution in [1.82, 2.24) is 5.32 Å². The highest BCUT2D eigenvalue weighted by molar-refractivity contribution is 9.10. The van der Waals surface area contributed by atoms with Gasteiger partial charge < -0.3 is 5.32 Å². The molecular weight excluding hydrogens is 349 g/mol. The summed E-state index contributed by atoms with van der Waals surface area (Å²) < 4.78 is 0.763. The van der Waals surface area contributed by atoms with Crippen LogP contribution in [-0.4, -0.2) is 13.0 Å². The summed E-state index contributed by atoms with van der Waals surface area (Å²) in [5.41, 5.74) is 2.08. The van der Waals surface area contributed by atoms with E-state index in [1.807, 2.05) is 6.07 Å². The van der Waals surface area contributed by atoms with Gasteiger partial charge in [-0.05, 0) is 45.8 Å². The molecule has 0 unspecified atom stereocenters. The Balaban J connectivity index is 2.60. The Kier molecular flexibility index (Phi) is 4.50. The van der Waals surface area contributed by atoms with Crippen LogP contribution in [0.5, 0.6) is 0 Å². The highest BCUT2D eigenvalue weighted by Gasteiger charge is 2.13. The van der Waals surface area contributed by atoms with E-state index in [0.717, 1.165) is 10.0 Å². The summed E-state index contributed by atoms with van der Waals surface area (Å²) in [6.45, 7) is 0. The van der Waals surface area contributed by atoms with Crippen LogP contribution in [0.25, 0.3) is 11.1 Å². The molecule has 2 aromatic rings. The van der Waals surface area contributed by atoms with Crippen LogP contribution in [0.3, 0.4) is 0 Å². The van der Waals surface area contributed by atoms with Crippen LogP contribution in [0.2, 0.25) is 10.0 Å². The Morgan fingerprint density at radius 2 is 1.95 bits per heavy atom. The molecule has 0 aromatic heterocycles. The molecule has 2 rings (SSSR count). The lowest BCUT2D eigenvalue weighted by Crippen LogP contribution is -2.17. The van der Waals surface area contributed by atoms with Gasteiger partial charge in [-0.25, -0.2) is 0 Å². The molecule has 0 heterocycles. The lowest BCUT2D eigenvalue weighted by Gasteiger charge is -2.10. The maximum atomic E-state index is 11.6. The smallest absolute Gasteiger partial charge is 0.251 e. The number of hydrogen-bond donors (Lipinski definition) is 1. The lowest BCUT2D eigenvalue weighted by molar-refractivity contribution is 0.0963. The lowest BCUT2D eigenvalue weighted by atomic mass is 10.0. The quantitative estimate of drug-likeness (QED) is 0.769. The maximum Gasteiger partial charge on any atom is 0.251 e. The number of nitrogens with one attached hydrogen (secondary N) is 1. The van der Waals surface area contributed by atoms with E-state index in [4.69, 9.17) is 23.2 Å². The molecule has 0 fully saturated rings. The zero-order valence-corrected chi connectivity index (χ0v) is 13.1. The van der Waals surface area contributed by atoms with Gasteiger partial charge in [0.2, 0.25) is 0 Å². The van der Waals surface area contributed by atoms with Crippen LogP contribution in [0.15, 0.2) is 40.9 Å². The molecular formula is C14H10BrCl2NO. The van der Waals surface area contributed by atoms with Crippen molar-refractivity contribution in [2.45, 2.75) is 0 Å². The summed E-state index contributed by atoms with van der Waals surface area (Å²) in [6.07, 6.45) is 0. The summed E-state index contributed by atoms with van der Waals surface area (Å²) >= 11 is 15.8. The van der Waals surface area contributed by atoms with Gasteiger partial charge in [0.15, 0.2) is 0 Å². The van der Waals surface area contributed by atoms with Gasteiger partial charge in [-0.15, -0.1) is 0 Å². The summed E-state index contributed by atoms with van der Waals surface area (Å²) in [4.78, 5) is 11.6. The van der Waals surface area contributed by atoms with Gasteiger partial charge in [-0.3, -0.25) is 4.79 Å². The summed E-state index contributed by atoms with van der Waals surface area (Å²) in [5.74, 6) is -0.149. The Bertz CT molecular complexity index is 643. The summed E-state index contributed by atoms with van der Waals surface area (Å²) in [7, 11) is 1.59. The summed E-state index contributed by atoms with van der Waals surface area (Å²) in [6, 6.07) is 10.7. The van der Waals surface area contributed by atoms with Crippen molar-refractivity contribution in [3.05, 3.63) is 56.5 Å². The number of carbonyl (C=O) groups is 1. The van der Waals surface area contributed by atoms with Crippen molar-refractivity contribution in [3.63, 3.8) is 0 Å². The summed E-state index contributed by atoms with van der Waals surface area (Å²) in [5, 5.41) is 3.66. The second kappa shape index (κ2) is 5.95. The maximum absolute atomic E-state index is 11.6. The van der Waals surface area contributed by atoms with E-state index in [1.165, 1.54) is 0 Å². The average molecular weight is 359 g/mol. The third-order valence-electron chi connectivity index (χ3n) is 2.68. The van der Waals surface area contributed by atoms with Gasteiger partial charge in [-0.1, -0.05) is 35.3 Å². The number of rotatable bonds is 2. The van der Waals surface area contributed by atoms with Gasteiger partial charge in [0.25, 0.3) is 5.91 Å². The fraction of sp³-hybridized carbons (Fsp3) is 0.0714. The normalized spacial score (nSPS) is 10.3. The molecule has 0 aliphatic carbocycles. The zero-order chi connectivity index (χ0) is 14.0. The average Bonchev–Trinajstić information content (AvgIpc) is 2.43. The Labute approximate surface area is 129 Å². The number of hydrogen-bond acceptors (Lipinski definition) is 1. The molecule has 0 bridgehead atoms. The molecule has 0 aliphatic rings. The van der Waals surface area contributed by atoms with Gasteiger partial charge in [0.1, 0.15) is 0 Å². The van der Waals surface area contributed by atoms with E-state index >= 15 is 0 Å². The minimum Gasteiger partial charge on any atom is -0.355 e. The van der Waals surface area contributed by atoms with Crippen LogP contribution in [0.4, 0.5) is 0 Å². The predicted molar refractivity (Wildman–Crippen MR) is 83.0 cm³/mol. The molecule has 2 nitrogen and oxygen atoms in total. The molecule has 0 radical (unpaired) electrons. The van der Waals surface area contributed by atoms with Crippen molar-refractivity contribution in [3.8, 4) is 11.1 Å². The second-order valence-electron chi connectivity index (χ2n) is 3.88. The van der Waals surface area contributed by atoms with Gasteiger partial charge in [0.05, 0.1) is 5.02 Å². The molecule has 5 heteroatoms. The highest BCUT2D eigenvalue weighted by Crippen LogP contribution is 2.39. The van der Waals surface area contributed by atoms with E-state index in [0.29, 0.717) is 21.2 Å². The first-order valence-corrected chi connectivity index (χ1v) is 7.05. The van der Waals surface area contributed by atoms with Crippen molar-refractivity contribution >= 4 is 45.0 Å². The molecule has 0 saturated carbocycles. The third kappa shape index (κ3) is 2.94. The molecule has 0 saturated heterocycles. The SMILES string of the molecule is CNC(=O)c1cccc(-c2c(Cl)ccc(Br)c2Cl)c1. The Hall–Kier alpha value is -1.03. The van der Waals surface area contributed by atoms with E-state index in [9.17, 15) is 4.79 Å². The molecule has 0 atom stereocenters. The third-order valence-corrected chi connectivity index (χ3v) is 4.28. The zero-order valence-electron chi connectivity index (χ0n) is 10.0. The topological polar surface area (TPSA) is 29.1 Å². The van der Waals surface area contributed by atoms with E-state index < -0.39 is 0 Å². The molecule has 0 spiro atoms. The fourth-order valence-electron chi connectivity index (χ4n) is 1.75. The number of carbonyl (C=O) groups excluding carboxylic acids is 1. The molecule has 1 amide bonds. The minimum absolute atomic E-state index is 0.149. The Morgan fingerprint density at radius 3 is 2.63 bits per heavy atom. The van der Waals surface area contributed by atoms with Crippen LogP contribution >= 0.6 is 39.1 Å². The van der Waals surface area contributed by atoms with E-state index in [-0.39, 0.29) is 5.91 Å². The standard InChI is InChI=1S/C14H10BrCl2NO/c1-18-14(19)9-4-2-3-8(7-9)12-11(16)6-5-10(15)13(12)17/h2-7H,1H3,(H,18,19). The largest absolute Gasteiger partial charge is 0.355 e. The van der Waals surface area contributed by atoms with Crippen LogP contribution in [0.1, 0.15) is 10.4 Å². The van der Waals surface area contributed by atoms with Crippen molar-refractivity contribution in [2.24, 2.45) is 0 Å². The number of halogens is 3. The van der Waals surface area contributed by atoms with Crippen LogP contribution in [0, 0.1) is 0 Å². The van der Waals surface area contributed by atoms with Crippen molar-refractivity contribution in [2.75, 3.05) is 7.05 Å². The fourth-order valence-corrected chi connectivity index (χ4v) is 2.67. The van der Waals surface area contributed by atoms with Crippen LogP contribution < -0.4 is 5.32 Å². The highest BCUT2D eigenvalue weighted by atomic mass is 79.9.